The summed E-state index contributed by atoms with van der Waals surface area (Å²) >= 11 is 5.84. The van der Waals surface area contributed by atoms with Crippen molar-refractivity contribution in [2.75, 3.05) is 0 Å². The number of carbonyl (C=O) groups excluding carboxylic acids is 1. The Morgan fingerprint density at radius 2 is 2.20 bits per heavy atom. The molecule has 2 rings (SSSR count). The number of carbonyl (C=O) groups is 1. The number of amides is 1. The van der Waals surface area contributed by atoms with Crippen molar-refractivity contribution in [3.05, 3.63) is 47.2 Å². The summed E-state index contributed by atoms with van der Waals surface area (Å²) in [6.45, 7) is 0. The van der Waals surface area contributed by atoms with Gasteiger partial charge in [0.2, 0.25) is 0 Å². The maximum Gasteiger partial charge on any atom is 0.267 e. The van der Waals surface area contributed by atoms with Crippen LogP contribution in [0.4, 0.5) is 0 Å². The lowest BCUT2D eigenvalue weighted by atomic mass is 10.3. The van der Waals surface area contributed by atoms with Crippen LogP contribution in [0.2, 0.25) is 5.02 Å². The number of rotatable bonds is 2. The smallest absolute Gasteiger partial charge is 0.267 e. The number of primary amides is 1. The average molecular weight is 222 g/mol. The first kappa shape index (κ1) is 9.73. The lowest BCUT2D eigenvalue weighted by molar-refractivity contribution is 0.0993. The molecule has 5 heteroatoms. The third-order valence-electron chi connectivity index (χ3n) is 1.95. The van der Waals surface area contributed by atoms with Gasteiger partial charge in [0.1, 0.15) is 5.69 Å². The number of halogens is 1. The van der Waals surface area contributed by atoms with E-state index < -0.39 is 5.91 Å². The zero-order valence-electron chi connectivity index (χ0n) is 7.72. The molecule has 0 bridgehead atoms. The van der Waals surface area contributed by atoms with Gasteiger partial charge >= 0.3 is 0 Å². The molecule has 0 saturated heterocycles. The molecule has 1 heterocycles. The van der Waals surface area contributed by atoms with Gasteiger partial charge in [0, 0.05) is 5.02 Å². The van der Waals surface area contributed by atoms with E-state index in [-0.39, 0.29) is 0 Å². The minimum atomic E-state index is -0.521. The van der Waals surface area contributed by atoms with Crippen molar-refractivity contribution in [3.8, 4) is 5.69 Å². The molecular weight excluding hydrogens is 214 g/mol. The second-order valence-corrected chi connectivity index (χ2v) is 3.41. The van der Waals surface area contributed by atoms with E-state index in [9.17, 15) is 4.79 Å². The highest BCUT2D eigenvalue weighted by atomic mass is 35.5. The molecule has 1 aromatic heterocycles. The third-order valence-corrected chi connectivity index (χ3v) is 2.18. The van der Waals surface area contributed by atoms with Gasteiger partial charge in [0.05, 0.1) is 11.9 Å². The van der Waals surface area contributed by atoms with Crippen LogP contribution in [-0.2, 0) is 0 Å². The molecular formula is C10H8ClN3O. The van der Waals surface area contributed by atoms with E-state index in [2.05, 4.69) is 5.10 Å². The molecule has 2 aromatic rings. The van der Waals surface area contributed by atoms with Crippen LogP contribution in [0.3, 0.4) is 0 Å². The number of benzene rings is 1. The number of hydrogen-bond acceptors (Lipinski definition) is 2. The Balaban J connectivity index is 2.54. The van der Waals surface area contributed by atoms with Crippen LogP contribution in [-0.4, -0.2) is 15.7 Å². The fraction of sp³-hybridized carbons (Fsp3) is 0. The lowest BCUT2D eigenvalue weighted by Gasteiger charge is -2.04. The Labute approximate surface area is 91.3 Å². The Kier molecular flexibility index (Phi) is 2.43. The van der Waals surface area contributed by atoms with Crippen LogP contribution in [0, 0.1) is 0 Å². The molecule has 0 aliphatic heterocycles. The van der Waals surface area contributed by atoms with Crippen molar-refractivity contribution in [2.24, 2.45) is 5.73 Å². The second-order valence-electron chi connectivity index (χ2n) is 2.97. The molecule has 76 valence electrons. The van der Waals surface area contributed by atoms with Gasteiger partial charge in [-0.15, -0.1) is 0 Å². The van der Waals surface area contributed by atoms with Gasteiger partial charge in [-0.25, -0.2) is 4.68 Å². The SMILES string of the molecule is NC(=O)c1ccnn1-c1cccc(Cl)c1. The first-order valence-electron chi connectivity index (χ1n) is 4.28. The van der Waals surface area contributed by atoms with Gasteiger partial charge in [0.15, 0.2) is 0 Å². The van der Waals surface area contributed by atoms with Crippen LogP contribution in [0.5, 0.6) is 0 Å². The minimum Gasteiger partial charge on any atom is -0.364 e. The minimum absolute atomic E-state index is 0.331. The third kappa shape index (κ3) is 1.85. The predicted molar refractivity (Wildman–Crippen MR) is 57.1 cm³/mol. The molecule has 0 unspecified atom stereocenters. The number of aromatic nitrogens is 2. The molecule has 2 N–H and O–H groups in total. The maximum absolute atomic E-state index is 11.1. The van der Waals surface area contributed by atoms with Crippen molar-refractivity contribution in [1.29, 1.82) is 0 Å². The van der Waals surface area contributed by atoms with Gasteiger partial charge in [-0.05, 0) is 24.3 Å². The van der Waals surface area contributed by atoms with Crippen molar-refractivity contribution < 1.29 is 4.79 Å². The highest BCUT2D eigenvalue weighted by Gasteiger charge is 2.09. The van der Waals surface area contributed by atoms with Crippen molar-refractivity contribution in [2.45, 2.75) is 0 Å². The Hall–Kier alpha value is -1.81. The molecule has 15 heavy (non-hydrogen) atoms. The van der Waals surface area contributed by atoms with Gasteiger partial charge < -0.3 is 5.73 Å². The normalized spacial score (nSPS) is 10.2. The lowest BCUT2D eigenvalue weighted by Crippen LogP contribution is -2.16. The summed E-state index contributed by atoms with van der Waals surface area (Å²) in [6.07, 6.45) is 1.51. The second kappa shape index (κ2) is 3.74. The topological polar surface area (TPSA) is 60.9 Å². The van der Waals surface area contributed by atoms with E-state index in [1.54, 1.807) is 30.3 Å². The zero-order chi connectivity index (χ0) is 10.8. The van der Waals surface area contributed by atoms with Crippen LogP contribution in [0.1, 0.15) is 10.5 Å². The fourth-order valence-corrected chi connectivity index (χ4v) is 1.49. The van der Waals surface area contributed by atoms with Crippen molar-refractivity contribution in [3.63, 3.8) is 0 Å². The quantitative estimate of drug-likeness (QED) is 0.838. The summed E-state index contributed by atoms with van der Waals surface area (Å²) in [4.78, 5) is 11.1. The molecule has 1 aromatic carbocycles. The Morgan fingerprint density at radius 3 is 2.87 bits per heavy atom. The Bertz CT molecular complexity index is 507. The van der Waals surface area contributed by atoms with Gasteiger partial charge in [-0.1, -0.05) is 17.7 Å². The van der Waals surface area contributed by atoms with Crippen molar-refractivity contribution >= 4 is 17.5 Å². The van der Waals surface area contributed by atoms with Gasteiger partial charge in [-0.3, -0.25) is 4.79 Å². The van der Waals surface area contributed by atoms with Gasteiger partial charge in [0.25, 0.3) is 5.91 Å². The summed E-state index contributed by atoms with van der Waals surface area (Å²) in [5.74, 6) is -0.521. The van der Waals surface area contributed by atoms with E-state index in [1.165, 1.54) is 10.9 Å². The standard InChI is InChI=1S/C10H8ClN3O/c11-7-2-1-3-8(6-7)14-9(10(12)15)4-5-13-14/h1-6H,(H2,12,15). The Morgan fingerprint density at radius 1 is 1.40 bits per heavy atom. The van der Waals surface area contributed by atoms with E-state index in [4.69, 9.17) is 17.3 Å². The maximum atomic E-state index is 11.1. The van der Waals surface area contributed by atoms with E-state index in [0.717, 1.165) is 0 Å². The van der Waals surface area contributed by atoms with Crippen LogP contribution in [0.25, 0.3) is 5.69 Å². The van der Waals surface area contributed by atoms with E-state index in [1.807, 2.05) is 0 Å². The molecule has 0 fully saturated rings. The number of nitrogens with zero attached hydrogens (tertiary/aromatic N) is 2. The fourth-order valence-electron chi connectivity index (χ4n) is 1.30. The molecule has 0 aliphatic carbocycles. The van der Waals surface area contributed by atoms with Crippen LogP contribution in [0.15, 0.2) is 36.5 Å². The molecule has 0 spiro atoms. The molecule has 0 radical (unpaired) electrons. The molecule has 0 aliphatic rings. The number of hydrogen-bond donors (Lipinski definition) is 1. The zero-order valence-corrected chi connectivity index (χ0v) is 8.48. The summed E-state index contributed by atoms with van der Waals surface area (Å²) < 4.78 is 1.45. The molecule has 1 amide bonds. The first-order chi connectivity index (χ1) is 7.18. The average Bonchev–Trinajstić information content (AvgIpc) is 2.65. The van der Waals surface area contributed by atoms with E-state index >= 15 is 0 Å². The molecule has 0 saturated carbocycles. The largest absolute Gasteiger partial charge is 0.364 e. The molecule has 0 atom stereocenters. The highest BCUT2D eigenvalue weighted by molar-refractivity contribution is 6.30. The van der Waals surface area contributed by atoms with Crippen molar-refractivity contribution in [1.82, 2.24) is 9.78 Å². The predicted octanol–water partition coefficient (Wildman–Crippen LogP) is 1.62. The van der Waals surface area contributed by atoms with Crippen LogP contribution >= 0.6 is 11.6 Å². The number of nitrogens with two attached hydrogens (primary N) is 1. The summed E-state index contributed by atoms with van der Waals surface area (Å²) in [6, 6.07) is 8.60. The summed E-state index contributed by atoms with van der Waals surface area (Å²) in [5, 5.41) is 4.59. The van der Waals surface area contributed by atoms with Crippen LogP contribution < -0.4 is 5.73 Å². The van der Waals surface area contributed by atoms with Gasteiger partial charge in [-0.2, -0.15) is 5.10 Å². The molecule has 4 nitrogen and oxygen atoms in total. The van der Waals surface area contributed by atoms with E-state index in [0.29, 0.717) is 16.4 Å². The summed E-state index contributed by atoms with van der Waals surface area (Å²) in [7, 11) is 0. The highest BCUT2D eigenvalue weighted by Crippen LogP contribution is 2.15. The summed E-state index contributed by atoms with van der Waals surface area (Å²) in [5.41, 5.74) is 6.24. The first-order valence-corrected chi connectivity index (χ1v) is 4.66. The monoisotopic (exact) mass is 221 g/mol.